The highest BCUT2D eigenvalue weighted by Gasteiger charge is 2.11. The molecule has 3 N–H and O–H groups in total. The van der Waals surface area contributed by atoms with Crippen LogP contribution in [0.4, 0.5) is 11.4 Å². The third-order valence-electron chi connectivity index (χ3n) is 2.97. The van der Waals surface area contributed by atoms with Gasteiger partial charge in [0.2, 0.25) is 0 Å². The van der Waals surface area contributed by atoms with Gasteiger partial charge in [0, 0.05) is 23.0 Å². The van der Waals surface area contributed by atoms with Crippen LogP contribution in [-0.2, 0) is 0 Å². The molecular formula is C15H11ClN4O. The summed E-state index contributed by atoms with van der Waals surface area (Å²) < 4.78 is 0. The summed E-state index contributed by atoms with van der Waals surface area (Å²) in [5, 5.41) is 3.83. The van der Waals surface area contributed by atoms with Gasteiger partial charge in [0.15, 0.2) is 0 Å². The van der Waals surface area contributed by atoms with E-state index in [4.69, 9.17) is 17.3 Å². The maximum absolute atomic E-state index is 12.2. The Morgan fingerprint density at radius 1 is 1.19 bits per heavy atom. The van der Waals surface area contributed by atoms with Crippen LogP contribution in [0.25, 0.3) is 10.9 Å². The van der Waals surface area contributed by atoms with E-state index < -0.39 is 0 Å². The Morgan fingerprint density at radius 3 is 2.81 bits per heavy atom. The quantitative estimate of drug-likeness (QED) is 0.712. The predicted molar refractivity (Wildman–Crippen MR) is 83.4 cm³/mol. The van der Waals surface area contributed by atoms with Crippen LogP contribution in [0.5, 0.6) is 0 Å². The van der Waals surface area contributed by atoms with Crippen LogP contribution < -0.4 is 11.1 Å². The number of hydrogen-bond acceptors (Lipinski definition) is 4. The van der Waals surface area contributed by atoms with Crippen molar-refractivity contribution < 1.29 is 4.79 Å². The maximum Gasteiger partial charge on any atom is 0.274 e. The van der Waals surface area contributed by atoms with Gasteiger partial charge in [-0.2, -0.15) is 0 Å². The van der Waals surface area contributed by atoms with E-state index in [-0.39, 0.29) is 11.6 Å². The standard InChI is InChI=1S/C15H11ClN4O/c16-14-7-9(5-6-18-14)19-15(21)13-8-11(17)10-3-1-2-4-12(10)20-13/h1-8H,(H2,17,20)(H,18,19,21). The zero-order valence-electron chi connectivity index (χ0n) is 10.9. The molecule has 0 aliphatic rings. The number of anilines is 2. The number of nitrogens with two attached hydrogens (primary N) is 1. The largest absolute Gasteiger partial charge is 0.398 e. The van der Waals surface area contributed by atoms with Gasteiger partial charge in [0.1, 0.15) is 10.8 Å². The SMILES string of the molecule is Nc1cc(C(=O)Nc2ccnc(Cl)c2)nc2ccccc12. The number of pyridine rings is 2. The second-order valence-electron chi connectivity index (χ2n) is 4.44. The van der Waals surface area contributed by atoms with E-state index in [0.29, 0.717) is 22.0 Å². The number of amides is 1. The van der Waals surface area contributed by atoms with Crippen molar-refractivity contribution in [2.45, 2.75) is 0 Å². The van der Waals surface area contributed by atoms with Crippen molar-refractivity contribution >= 4 is 39.8 Å². The van der Waals surface area contributed by atoms with Crippen LogP contribution in [0, 0.1) is 0 Å². The van der Waals surface area contributed by atoms with Crippen LogP contribution in [-0.4, -0.2) is 15.9 Å². The molecule has 6 heteroatoms. The molecule has 1 amide bonds. The summed E-state index contributed by atoms with van der Waals surface area (Å²) >= 11 is 5.78. The highest BCUT2D eigenvalue weighted by Crippen LogP contribution is 2.21. The second-order valence-corrected chi connectivity index (χ2v) is 4.82. The van der Waals surface area contributed by atoms with Gasteiger partial charge in [0.25, 0.3) is 5.91 Å². The first-order chi connectivity index (χ1) is 10.1. The topological polar surface area (TPSA) is 80.9 Å². The molecule has 2 aromatic heterocycles. The minimum atomic E-state index is -0.352. The van der Waals surface area contributed by atoms with Gasteiger partial charge in [-0.1, -0.05) is 29.8 Å². The van der Waals surface area contributed by atoms with E-state index in [1.165, 1.54) is 6.20 Å². The number of carbonyl (C=O) groups excluding carboxylic acids is 1. The number of nitrogens with one attached hydrogen (secondary N) is 1. The highest BCUT2D eigenvalue weighted by molar-refractivity contribution is 6.29. The number of nitrogen functional groups attached to an aromatic ring is 1. The van der Waals surface area contributed by atoms with Crippen molar-refractivity contribution in [3.8, 4) is 0 Å². The fourth-order valence-electron chi connectivity index (χ4n) is 1.99. The van der Waals surface area contributed by atoms with E-state index in [2.05, 4.69) is 15.3 Å². The molecule has 0 spiro atoms. The van der Waals surface area contributed by atoms with Gasteiger partial charge in [0.05, 0.1) is 5.52 Å². The van der Waals surface area contributed by atoms with Gasteiger partial charge >= 0.3 is 0 Å². The summed E-state index contributed by atoms with van der Waals surface area (Å²) in [6, 6.07) is 12.2. The summed E-state index contributed by atoms with van der Waals surface area (Å²) in [5.74, 6) is -0.352. The lowest BCUT2D eigenvalue weighted by Gasteiger charge is -2.07. The Labute approximate surface area is 125 Å². The Kier molecular flexibility index (Phi) is 3.41. The maximum atomic E-state index is 12.2. The zero-order chi connectivity index (χ0) is 14.8. The van der Waals surface area contributed by atoms with Crippen molar-refractivity contribution in [2.75, 3.05) is 11.1 Å². The Hall–Kier alpha value is -2.66. The van der Waals surface area contributed by atoms with Crippen molar-refractivity contribution in [3.05, 3.63) is 59.5 Å². The van der Waals surface area contributed by atoms with E-state index in [9.17, 15) is 4.79 Å². The van der Waals surface area contributed by atoms with Gasteiger partial charge in [-0.05, 0) is 24.3 Å². The molecule has 0 atom stereocenters. The average molecular weight is 299 g/mol. The normalized spacial score (nSPS) is 10.5. The Balaban J connectivity index is 1.94. The van der Waals surface area contributed by atoms with Crippen molar-refractivity contribution in [2.24, 2.45) is 0 Å². The van der Waals surface area contributed by atoms with Crippen LogP contribution in [0.15, 0.2) is 48.7 Å². The smallest absolute Gasteiger partial charge is 0.274 e. The molecule has 3 aromatic rings. The number of hydrogen-bond donors (Lipinski definition) is 2. The monoisotopic (exact) mass is 298 g/mol. The third-order valence-corrected chi connectivity index (χ3v) is 3.17. The van der Waals surface area contributed by atoms with E-state index in [1.807, 2.05) is 24.3 Å². The number of nitrogens with zero attached hydrogens (tertiary/aromatic N) is 2. The first-order valence-corrected chi connectivity index (χ1v) is 6.59. The molecule has 21 heavy (non-hydrogen) atoms. The summed E-state index contributed by atoms with van der Waals surface area (Å²) in [6.07, 6.45) is 1.51. The van der Waals surface area contributed by atoms with Crippen molar-refractivity contribution in [3.63, 3.8) is 0 Å². The summed E-state index contributed by atoms with van der Waals surface area (Å²) in [7, 11) is 0. The van der Waals surface area contributed by atoms with Crippen LogP contribution in [0.1, 0.15) is 10.5 Å². The number of halogens is 1. The molecule has 0 unspecified atom stereocenters. The Bertz CT molecular complexity index is 835. The third kappa shape index (κ3) is 2.78. The molecular weight excluding hydrogens is 288 g/mol. The molecule has 0 bridgehead atoms. The van der Waals surface area contributed by atoms with Gasteiger partial charge in [-0.15, -0.1) is 0 Å². The molecule has 0 saturated carbocycles. The second kappa shape index (κ2) is 5.38. The minimum absolute atomic E-state index is 0.249. The number of benzene rings is 1. The first kappa shape index (κ1) is 13.3. The number of rotatable bonds is 2. The summed E-state index contributed by atoms with van der Waals surface area (Å²) in [4.78, 5) is 20.4. The van der Waals surface area contributed by atoms with Crippen LogP contribution >= 0.6 is 11.6 Å². The average Bonchev–Trinajstić information content (AvgIpc) is 2.47. The number of carbonyl (C=O) groups is 1. The van der Waals surface area contributed by atoms with E-state index >= 15 is 0 Å². The highest BCUT2D eigenvalue weighted by atomic mass is 35.5. The van der Waals surface area contributed by atoms with E-state index in [1.54, 1.807) is 18.2 Å². The zero-order valence-corrected chi connectivity index (χ0v) is 11.6. The van der Waals surface area contributed by atoms with Crippen molar-refractivity contribution in [1.29, 1.82) is 0 Å². The van der Waals surface area contributed by atoms with Gasteiger partial charge in [-0.3, -0.25) is 4.79 Å². The molecule has 104 valence electrons. The molecule has 0 radical (unpaired) electrons. The molecule has 0 fully saturated rings. The number of para-hydroxylation sites is 1. The molecule has 3 rings (SSSR count). The van der Waals surface area contributed by atoms with E-state index in [0.717, 1.165) is 5.39 Å². The molecule has 0 saturated heterocycles. The Morgan fingerprint density at radius 2 is 2.00 bits per heavy atom. The number of aromatic nitrogens is 2. The fourth-order valence-corrected chi connectivity index (χ4v) is 2.17. The molecule has 2 heterocycles. The van der Waals surface area contributed by atoms with Gasteiger partial charge < -0.3 is 11.1 Å². The van der Waals surface area contributed by atoms with Crippen molar-refractivity contribution in [1.82, 2.24) is 9.97 Å². The predicted octanol–water partition coefficient (Wildman–Crippen LogP) is 3.12. The lowest BCUT2D eigenvalue weighted by Crippen LogP contribution is -2.14. The summed E-state index contributed by atoms with van der Waals surface area (Å²) in [6.45, 7) is 0. The first-order valence-electron chi connectivity index (χ1n) is 6.21. The van der Waals surface area contributed by atoms with Gasteiger partial charge in [-0.25, -0.2) is 9.97 Å². The van der Waals surface area contributed by atoms with Crippen LogP contribution in [0.2, 0.25) is 5.15 Å². The molecule has 1 aromatic carbocycles. The van der Waals surface area contributed by atoms with Crippen LogP contribution in [0.3, 0.4) is 0 Å². The lowest BCUT2D eigenvalue weighted by molar-refractivity contribution is 0.102. The summed E-state index contributed by atoms with van der Waals surface area (Å²) in [5.41, 5.74) is 7.95. The molecule has 0 aliphatic heterocycles. The number of fused-ring (bicyclic) bond motifs is 1. The fraction of sp³-hybridized carbons (Fsp3) is 0. The lowest BCUT2D eigenvalue weighted by atomic mass is 10.1. The molecule has 5 nitrogen and oxygen atoms in total. The minimum Gasteiger partial charge on any atom is -0.398 e. The molecule has 0 aliphatic carbocycles.